The Balaban J connectivity index is 1.89. The predicted octanol–water partition coefficient (Wildman–Crippen LogP) is 5.60. The van der Waals surface area contributed by atoms with Crippen LogP contribution < -0.4 is 9.47 Å². The topological polar surface area (TPSA) is 96.3 Å². The van der Waals surface area contributed by atoms with E-state index in [1.165, 1.54) is 47.4 Å². The lowest BCUT2D eigenvalue weighted by Crippen LogP contribution is -2.29. The lowest BCUT2D eigenvalue weighted by molar-refractivity contribution is -0.140. The van der Waals surface area contributed by atoms with Crippen LogP contribution in [0, 0.1) is 5.82 Å². The number of carbonyl (C=O) groups is 2. The van der Waals surface area contributed by atoms with Gasteiger partial charge in [0.2, 0.25) is 0 Å². The summed E-state index contributed by atoms with van der Waals surface area (Å²) >= 11 is 6.16. The number of rotatable bonds is 8. The lowest BCUT2D eigenvalue weighted by Gasteiger charge is -2.26. The number of halogens is 2. The quantitative estimate of drug-likeness (QED) is 0.226. The molecule has 1 fully saturated rings. The molecule has 7 nitrogen and oxygen atoms in total. The van der Waals surface area contributed by atoms with Crippen LogP contribution in [0.25, 0.3) is 5.76 Å². The highest BCUT2D eigenvalue weighted by molar-refractivity contribution is 6.46. The average molecular weight is 526 g/mol. The molecule has 2 N–H and O–H groups in total. The van der Waals surface area contributed by atoms with Gasteiger partial charge in [0.1, 0.15) is 28.8 Å². The Morgan fingerprint density at radius 1 is 1.00 bits per heavy atom. The van der Waals surface area contributed by atoms with Gasteiger partial charge in [-0.2, -0.15) is 0 Å². The number of phenols is 1. The zero-order valence-electron chi connectivity index (χ0n) is 20.2. The molecule has 1 heterocycles. The van der Waals surface area contributed by atoms with Crippen LogP contribution in [-0.2, 0) is 16.1 Å². The monoisotopic (exact) mass is 525 g/mol. The number of aliphatic hydroxyl groups is 1. The highest BCUT2D eigenvalue weighted by Gasteiger charge is 2.46. The van der Waals surface area contributed by atoms with Gasteiger partial charge in [-0.05, 0) is 61.4 Å². The molecular formula is C28H25ClFNO6. The molecule has 1 atom stereocenters. The zero-order chi connectivity index (χ0) is 26.7. The Bertz CT molecular complexity index is 1370. The molecule has 3 aromatic carbocycles. The summed E-state index contributed by atoms with van der Waals surface area (Å²) in [5, 5.41) is 21.4. The number of ketones is 1. The molecule has 0 saturated carbocycles. The van der Waals surface area contributed by atoms with Gasteiger partial charge in [0.15, 0.2) is 0 Å². The number of aliphatic hydroxyl groups excluding tert-OH is 1. The minimum atomic E-state index is -1.04. The maximum atomic E-state index is 13.5. The highest BCUT2D eigenvalue weighted by Crippen LogP contribution is 2.43. The number of Topliss-reactive ketones (excluding diaryl/α,β-unsaturated/α-hetero) is 1. The van der Waals surface area contributed by atoms with E-state index in [0.29, 0.717) is 23.5 Å². The number of aromatic hydroxyl groups is 1. The number of nitrogens with zero attached hydrogens (tertiary/aromatic N) is 1. The Kier molecular flexibility index (Phi) is 7.69. The number of amides is 1. The van der Waals surface area contributed by atoms with Gasteiger partial charge in [0.05, 0.1) is 35.4 Å². The standard InChI is InChI=1S/C28H25ClFNO6/c1-3-36-19-10-11-20(23(14-19)37-4-2)26(33)24-25(17-7-12-22(32)21(29)13-17)31(28(35)27(24)34)15-16-5-8-18(30)9-6-16/h5-14,25,32-33H,3-4,15H2,1-2H3/b26-24-. The predicted molar refractivity (Wildman–Crippen MR) is 136 cm³/mol. The molecule has 1 amide bonds. The van der Waals surface area contributed by atoms with E-state index in [2.05, 4.69) is 0 Å². The van der Waals surface area contributed by atoms with Crippen molar-refractivity contribution in [2.75, 3.05) is 13.2 Å². The number of phenolic OH excluding ortho intramolecular Hbond substituents is 1. The summed E-state index contributed by atoms with van der Waals surface area (Å²) in [4.78, 5) is 27.8. The van der Waals surface area contributed by atoms with E-state index in [0.717, 1.165) is 0 Å². The average Bonchev–Trinajstić information content (AvgIpc) is 3.12. The van der Waals surface area contributed by atoms with E-state index in [9.17, 15) is 24.2 Å². The summed E-state index contributed by atoms with van der Waals surface area (Å²) in [6.07, 6.45) is 0. The summed E-state index contributed by atoms with van der Waals surface area (Å²) in [5.41, 5.74) is 1.02. The SMILES string of the molecule is CCOc1ccc(/C(O)=C2/C(=O)C(=O)N(Cc3ccc(F)cc3)C2c2ccc(O)c(Cl)c2)c(OCC)c1. The number of likely N-dealkylation sites (tertiary alicyclic amines) is 1. The van der Waals surface area contributed by atoms with Crippen LogP contribution in [0.3, 0.4) is 0 Å². The Morgan fingerprint density at radius 2 is 1.70 bits per heavy atom. The maximum absolute atomic E-state index is 13.5. The number of ether oxygens (including phenoxy) is 2. The normalized spacial score (nSPS) is 16.8. The van der Waals surface area contributed by atoms with Gasteiger partial charge in [-0.25, -0.2) is 4.39 Å². The lowest BCUT2D eigenvalue weighted by atomic mass is 9.94. The van der Waals surface area contributed by atoms with E-state index >= 15 is 0 Å². The third-order valence-corrected chi connectivity index (χ3v) is 6.22. The van der Waals surface area contributed by atoms with Crippen LogP contribution in [0.15, 0.2) is 66.2 Å². The number of hydrogen-bond donors (Lipinski definition) is 2. The second-order valence-corrected chi connectivity index (χ2v) is 8.70. The molecule has 0 radical (unpaired) electrons. The van der Waals surface area contributed by atoms with Gasteiger partial charge in [-0.15, -0.1) is 0 Å². The van der Waals surface area contributed by atoms with E-state index in [4.69, 9.17) is 21.1 Å². The fourth-order valence-electron chi connectivity index (χ4n) is 4.24. The van der Waals surface area contributed by atoms with Crippen LogP contribution in [0.4, 0.5) is 4.39 Å². The molecule has 0 spiro atoms. The van der Waals surface area contributed by atoms with Gasteiger partial charge >= 0.3 is 0 Å². The number of carbonyl (C=O) groups excluding carboxylic acids is 2. The first-order chi connectivity index (χ1) is 17.7. The van der Waals surface area contributed by atoms with Gasteiger partial charge < -0.3 is 24.6 Å². The zero-order valence-corrected chi connectivity index (χ0v) is 21.0. The van der Waals surface area contributed by atoms with Crippen molar-refractivity contribution in [1.29, 1.82) is 0 Å². The van der Waals surface area contributed by atoms with Crippen LogP contribution in [0.2, 0.25) is 5.02 Å². The molecule has 3 aromatic rings. The van der Waals surface area contributed by atoms with Crippen molar-refractivity contribution in [1.82, 2.24) is 4.90 Å². The third-order valence-electron chi connectivity index (χ3n) is 5.91. The second kappa shape index (κ2) is 10.9. The van der Waals surface area contributed by atoms with Gasteiger partial charge in [0.25, 0.3) is 11.7 Å². The molecule has 0 bridgehead atoms. The van der Waals surface area contributed by atoms with E-state index < -0.39 is 29.3 Å². The Morgan fingerprint density at radius 3 is 2.35 bits per heavy atom. The summed E-state index contributed by atoms with van der Waals surface area (Å²) in [6.45, 7) is 4.28. The first-order valence-corrected chi connectivity index (χ1v) is 12.0. The molecule has 4 rings (SSSR count). The Hall–Kier alpha value is -4.04. The molecule has 9 heteroatoms. The number of benzene rings is 3. The van der Waals surface area contributed by atoms with Crippen LogP contribution >= 0.6 is 11.6 Å². The molecule has 1 aliphatic heterocycles. The fourth-order valence-corrected chi connectivity index (χ4v) is 4.43. The van der Waals surface area contributed by atoms with Gasteiger partial charge in [-0.3, -0.25) is 9.59 Å². The largest absolute Gasteiger partial charge is 0.507 e. The maximum Gasteiger partial charge on any atom is 0.295 e. The minimum absolute atomic E-state index is 0.0148. The highest BCUT2D eigenvalue weighted by atomic mass is 35.5. The minimum Gasteiger partial charge on any atom is -0.507 e. The van der Waals surface area contributed by atoms with Crippen molar-refractivity contribution >= 4 is 29.1 Å². The molecule has 1 saturated heterocycles. The van der Waals surface area contributed by atoms with Gasteiger partial charge in [0, 0.05) is 12.6 Å². The molecule has 37 heavy (non-hydrogen) atoms. The number of hydrogen-bond acceptors (Lipinski definition) is 6. The van der Waals surface area contributed by atoms with E-state index in [-0.39, 0.29) is 40.8 Å². The third kappa shape index (κ3) is 5.24. The molecule has 1 aliphatic rings. The molecule has 0 aromatic heterocycles. The van der Waals surface area contributed by atoms with Crippen molar-refractivity contribution < 1.29 is 33.7 Å². The van der Waals surface area contributed by atoms with Crippen molar-refractivity contribution in [2.24, 2.45) is 0 Å². The summed E-state index contributed by atoms with van der Waals surface area (Å²) in [5.74, 6) is -1.99. The molecule has 0 aliphatic carbocycles. The first kappa shape index (κ1) is 26.0. The van der Waals surface area contributed by atoms with Crippen molar-refractivity contribution in [3.8, 4) is 17.2 Å². The molecule has 1 unspecified atom stereocenters. The van der Waals surface area contributed by atoms with Crippen molar-refractivity contribution in [3.05, 3.63) is 93.8 Å². The van der Waals surface area contributed by atoms with Gasteiger partial charge in [-0.1, -0.05) is 29.8 Å². The van der Waals surface area contributed by atoms with E-state index in [1.54, 1.807) is 25.1 Å². The van der Waals surface area contributed by atoms with Crippen LogP contribution in [0.1, 0.15) is 36.6 Å². The Labute approximate surface area is 218 Å². The first-order valence-electron chi connectivity index (χ1n) is 11.7. The fraction of sp³-hybridized carbons (Fsp3) is 0.214. The molecular weight excluding hydrogens is 501 g/mol. The summed E-state index contributed by atoms with van der Waals surface area (Å²) < 4.78 is 24.7. The summed E-state index contributed by atoms with van der Waals surface area (Å²) in [7, 11) is 0. The van der Waals surface area contributed by atoms with E-state index in [1.807, 2.05) is 6.92 Å². The van der Waals surface area contributed by atoms with Crippen molar-refractivity contribution in [3.63, 3.8) is 0 Å². The molecule has 192 valence electrons. The van der Waals surface area contributed by atoms with Crippen molar-refractivity contribution in [2.45, 2.75) is 26.4 Å². The van der Waals surface area contributed by atoms with Crippen LogP contribution in [-0.4, -0.2) is 40.0 Å². The smallest absolute Gasteiger partial charge is 0.295 e. The summed E-state index contributed by atoms with van der Waals surface area (Å²) in [6, 6.07) is 13.6. The second-order valence-electron chi connectivity index (χ2n) is 8.29. The van der Waals surface area contributed by atoms with Crippen LogP contribution in [0.5, 0.6) is 17.2 Å².